The number of carbonyl (C=O) groups is 1. The van der Waals surface area contributed by atoms with Crippen LogP contribution in [0.2, 0.25) is 0 Å². The van der Waals surface area contributed by atoms with Gasteiger partial charge in [0.2, 0.25) is 0 Å². The standard InChI is InChI=1S/C27H28N2O2/c1-4-19-9-13-22(14-10-19)28-25-18-26(21-7-6-8-24(17-21)31-3)29(27(25)30)23-15-11-20(5-2)12-16-23/h6-18,26,28H,4-5H2,1-3H3. The van der Waals surface area contributed by atoms with Crippen molar-refractivity contribution < 1.29 is 9.53 Å². The molecule has 0 spiro atoms. The van der Waals surface area contributed by atoms with Crippen LogP contribution in [0.1, 0.15) is 36.6 Å². The van der Waals surface area contributed by atoms with E-state index in [1.807, 2.05) is 59.5 Å². The molecular weight excluding hydrogens is 384 g/mol. The van der Waals surface area contributed by atoms with Crippen LogP contribution < -0.4 is 15.0 Å². The van der Waals surface area contributed by atoms with E-state index in [0.29, 0.717) is 5.70 Å². The van der Waals surface area contributed by atoms with Crippen molar-refractivity contribution in [3.8, 4) is 5.75 Å². The van der Waals surface area contributed by atoms with E-state index < -0.39 is 0 Å². The third kappa shape index (κ3) is 4.33. The number of rotatable bonds is 7. The predicted molar refractivity (Wildman–Crippen MR) is 127 cm³/mol. The number of benzene rings is 3. The molecule has 0 saturated heterocycles. The largest absolute Gasteiger partial charge is 0.497 e. The summed E-state index contributed by atoms with van der Waals surface area (Å²) in [6, 6.07) is 24.1. The summed E-state index contributed by atoms with van der Waals surface area (Å²) in [6.45, 7) is 4.26. The molecule has 1 aliphatic rings. The van der Waals surface area contributed by atoms with Crippen LogP contribution in [-0.2, 0) is 17.6 Å². The molecule has 158 valence electrons. The quantitative estimate of drug-likeness (QED) is 0.525. The fourth-order valence-electron chi connectivity index (χ4n) is 3.88. The highest BCUT2D eigenvalue weighted by Gasteiger charge is 2.35. The molecule has 3 aromatic carbocycles. The molecule has 3 aromatic rings. The molecule has 1 aliphatic heterocycles. The van der Waals surface area contributed by atoms with Crippen molar-refractivity contribution in [3.05, 3.63) is 101 Å². The minimum Gasteiger partial charge on any atom is -0.497 e. The second kappa shape index (κ2) is 9.09. The topological polar surface area (TPSA) is 41.6 Å². The molecule has 4 rings (SSSR count). The Bertz CT molecular complexity index is 1080. The molecule has 1 heterocycles. The third-order valence-corrected chi connectivity index (χ3v) is 5.75. The van der Waals surface area contributed by atoms with Crippen LogP contribution in [0.15, 0.2) is 84.6 Å². The zero-order valence-electron chi connectivity index (χ0n) is 18.3. The number of carbonyl (C=O) groups excluding carboxylic acids is 1. The van der Waals surface area contributed by atoms with E-state index in [2.05, 4.69) is 43.4 Å². The fraction of sp³-hybridized carbons (Fsp3) is 0.222. The minimum atomic E-state index is -0.215. The van der Waals surface area contributed by atoms with Crippen LogP contribution in [0.3, 0.4) is 0 Å². The van der Waals surface area contributed by atoms with Gasteiger partial charge in [-0.25, -0.2) is 0 Å². The van der Waals surface area contributed by atoms with Gasteiger partial charge >= 0.3 is 0 Å². The molecule has 0 fully saturated rings. The van der Waals surface area contributed by atoms with E-state index in [-0.39, 0.29) is 11.9 Å². The molecule has 0 radical (unpaired) electrons. The molecule has 0 bridgehead atoms. The first-order valence-electron chi connectivity index (χ1n) is 10.8. The number of methoxy groups -OCH3 is 1. The highest BCUT2D eigenvalue weighted by molar-refractivity contribution is 6.11. The lowest BCUT2D eigenvalue weighted by Gasteiger charge is -2.25. The average Bonchev–Trinajstić information content (AvgIpc) is 3.15. The molecule has 1 unspecified atom stereocenters. The van der Waals surface area contributed by atoms with Gasteiger partial charge in [0.1, 0.15) is 11.4 Å². The maximum Gasteiger partial charge on any atom is 0.275 e. The Morgan fingerprint density at radius 2 is 1.55 bits per heavy atom. The smallest absolute Gasteiger partial charge is 0.275 e. The van der Waals surface area contributed by atoms with Crippen molar-refractivity contribution in [2.75, 3.05) is 17.3 Å². The number of aryl methyl sites for hydroxylation is 2. The summed E-state index contributed by atoms with van der Waals surface area (Å²) in [5.74, 6) is 0.729. The molecule has 4 nitrogen and oxygen atoms in total. The number of ether oxygens (including phenoxy) is 1. The van der Waals surface area contributed by atoms with Crippen molar-refractivity contribution in [1.29, 1.82) is 0 Å². The van der Waals surface area contributed by atoms with Crippen molar-refractivity contribution in [2.45, 2.75) is 32.7 Å². The van der Waals surface area contributed by atoms with Gasteiger partial charge in [-0.1, -0.05) is 50.2 Å². The maximum absolute atomic E-state index is 13.5. The van der Waals surface area contributed by atoms with E-state index in [9.17, 15) is 4.79 Å². The van der Waals surface area contributed by atoms with Gasteiger partial charge in [0, 0.05) is 11.4 Å². The van der Waals surface area contributed by atoms with Crippen LogP contribution in [0.5, 0.6) is 5.75 Å². The SMILES string of the molecule is CCc1ccc(NC2=CC(c3cccc(OC)c3)N(c3ccc(CC)cc3)C2=O)cc1. The highest BCUT2D eigenvalue weighted by atomic mass is 16.5. The number of amides is 1. The number of nitrogens with zero attached hydrogens (tertiary/aromatic N) is 1. The zero-order chi connectivity index (χ0) is 21.8. The number of hydrogen-bond acceptors (Lipinski definition) is 3. The summed E-state index contributed by atoms with van der Waals surface area (Å²) >= 11 is 0. The van der Waals surface area contributed by atoms with E-state index in [1.54, 1.807) is 7.11 Å². The second-order valence-electron chi connectivity index (χ2n) is 7.67. The second-order valence-corrected chi connectivity index (χ2v) is 7.67. The third-order valence-electron chi connectivity index (χ3n) is 5.75. The Balaban J connectivity index is 1.70. The summed E-state index contributed by atoms with van der Waals surface area (Å²) < 4.78 is 5.42. The van der Waals surface area contributed by atoms with Gasteiger partial charge in [0.15, 0.2) is 0 Å². The normalized spacial score (nSPS) is 15.7. The molecule has 0 aromatic heterocycles. The summed E-state index contributed by atoms with van der Waals surface area (Å²) in [7, 11) is 1.66. The van der Waals surface area contributed by atoms with Crippen LogP contribution >= 0.6 is 0 Å². The van der Waals surface area contributed by atoms with Crippen LogP contribution in [0, 0.1) is 0 Å². The van der Waals surface area contributed by atoms with E-state index in [1.165, 1.54) is 11.1 Å². The lowest BCUT2D eigenvalue weighted by atomic mass is 10.1. The molecule has 0 aliphatic carbocycles. The Hall–Kier alpha value is -3.53. The molecule has 1 atom stereocenters. The van der Waals surface area contributed by atoms with Crippen molar-refractivity contribution >= 4 is 17.3 Å². The monoisotopic (exact) mass is 412 g/mol. The first kappa shape index (κ1) is 20.7. The van der Waals surface area contributed by atoms with E-state index in [0.717, 1.165) is 35.5 Å². The summed E-state index contributed by atoms with van der Waals surface area (Å²) in [6.07, 6.45) is 3.95. The van der Waals surface area contributed by atoms with E-state index >= 15 is 0 Å². The highest BCUT2D eigenvalue weighted by Crippen LogP contribution is 2.37. The van der Waals surface area contributed by atoms with Crippen molar-refractivity contribution in [3.63, 3.8) is 0 Å². The van der Waals surface area contributed by atoms with Crippen LogP contribution in [0.4, 0.5) is 11.4 Å². The lowest BCUT2D eigenvalue weighted by molar-refractivity contribution is -0.114. The van der Waals surface area contributed by atoms with Gasteiger partial charge in [0.05, 0.1) is 13.2 Å². The van der Waals surface area contributed by atoms with Crippen molar-refractivity contribution in [1.82, 2.24) is 0 Å². The number of hydrogen-bond donors (Lipinski definition) is 1. The Morgan fingerprint density at radius 3 is 2.16 bits per heavy atom. The first-order chi connectivity index (χ1) is 15.1. The predicted octanol–water partition coefficient (Wildman–Crippen LogP) is 5.90. The van der Waals surface area contributed by atoms with Crippen LogP contribution in [-0.4, -0.2) is 13.0 Å². The van der Waals surface area contributed by atoms with Gasteiger partial charge < -0.3 is 10.1 Å². The van der Waals surface area contributed by atoms with Gasteiger partial charge in [-0.3, -0.25) is 9.69 Å². The summed E-state index contributed by atoms with van der Waals surface area (Å²) in [5.41, 5.74) is 5.88. The molecule has 1 N–H and O–H groups in total. The molecule has 1 amide bonds. The van der Waals surface area contributed by atoms with Gasteiger partial charge in [-0.2, -0.15) is 0 Å². The zero-order valence-corrected chi connectivity index (χ0v) is 18.3. The minimum absolute atomic E-state index is 0.0448. The molecule has 0 saturated carbocycles. The summed E-state index contributed by atoms with van der Waals surface area (Å²) in [5, 5.41) is 3.33. The maximum atomic E-state index is 13.5. The molecule has 31 heavy (non-hydrogen) atoms. The Morgan fingerprint density at radius 1 is 0.903 bits per heavy atom. The van der Waals surface area contributed by atoms with E-state index in [4.69, 9.17) is 4.74 Å². The van der Waals surface area contributed by atoms with Gasteiger partial charge in [-0.15, -0.1) is 0 Å². The summed E-state index contributed by atoms with van der Waals surface area (Å²) in [4.78, 5) is 15.3. The average molecular weight is 413 g/mol. The lowest BCUT2D eigenvalue weighted by Crippen LogP contribution is -2.30. The van der Waals surface area contributed by atoms with Gasteiger partial charge in [0.25, 0.3) is 5.91 Å². The van der Waals surface area contributed by atoms with Crippen LogP contribution in [0.25, 0.3) is 0 Å². The van der Waals surface area contributed by atoms with Gasteiger partial charge in [-0.05, 0) is 72.0 Å². The number of nitrogens with one attached hydrogen (secondary N) is 1. The first-order valence-corrected chi connectivity index (χ1v) is 10.8. The molecule has 4 heteroatoms. The Labute approximate surface area is 184 Å². The van der Waals surface area contributed by atoms with Crippen molar-refractivity contribution in [2.24, 2.45) is 0 Å². The molecular formula is C27H28N2O2. The fourth-order valence-corrected chi connectivity index (χ4v) is 3.88. The Kier molecular flexibility index (Phi) is 6.08. The number of anilines is 2.